The van der Waals surface area contributed by atoms with E-state index in [1.54, 1.807) is 58.7 Å². The van der Waals surface area contributed by atoms with Crippen LogP contribution in [0.25, 0.3) is 39.7 Å². The van der Waals surface area contributed by atoms with Crippen LogP contribution in [0.4, 0.5) is 13.2 Å². The normalized spacial score (nSPS) is 11.6. The molecule has 0 aliphatic carbocycles. The maximum absolute atomic E-state index is 14.0. The van der Waals surface area contributed by atoms with Gasteiger partial charge in [-0.1, -0.05) is 0 Å². The highest BCUT2D eigenvalue weighted by Gasteiger charge is 2.35. The predicted octanol–water partition coefficient (Wildman–Crippen LogP) is 6.05. The van der Waals surface area contributed by atoms with Crippen LogP contribution in [0.1, 0.15) is 17.0 Å². The van der Waals surface area contributed by atoms with Gasteiger partial charge in [-0.15, -0.1) is 0 Å². The van der Waals surface area contributed by atoms with Gasteiger partial charge in [0, 0.05) is 35.5 Å². The summed E-state index contributed by atoms with van der Waals surface area (Å²) < 4.78 is 55.6. The molecule has 3 aromatic heterocycles. The van der Waals surface area contributed by atoms with E-state index in [4.69, 9.17) is 14.6 Å². The Morgan fingerprint density at radius 2 is 1.38 bits per heavy atom. The molecular weight excluding hydrogens is 509 g/mol. The van der Waals surface area contributed by atoms with Crippen molar-refractivity contribution in [3.05, 3.63) is 77.7 Å². The number of ether oxygens (including phenoxy) is 2. The van der Waals surface area contributed by atoms with Crippen molar-refractivity contribution in [3.8, 4) is 51.2 Å². The maximum Gasteiger partial charge on any atom is 0.433 e. The van der Waals surface area contributed by atoms with E-state index < -0.39 is 11.9 Å². The first-order valence-corrected chi connectivity index (χ1v) is 11.9. The van der Waals surface area contributed by atoms with Crippen molar-refractivity contribution < 1.29 is 22.6 Å². The van der Waals surface area contributed by atoms with E-state index in [9.17, 15) is 13.2 Å². The lowest BCUT2D eigenvalue weighted by Crippen LogP contribution is -2.14. The van der Waals surface area contributed by atoms with Gasteiger partial charge < -0.3 is 9.47 Å². The Morgan fingerprint density at radius 3 is 1.90 bits per heavy atom. The van der Waals surface area contributed by atoms with E-state index >= 15 is 0 Å². The Kier molecular flexibility index (Phi) is 6.59. The SMILES string of the molecule is COc1ccc(-c2nn(-c3nc(-c4cn(C)nc4C)cc(C(F)(F)F)n3)c(-c3ccc(OC)cc3)c2C)cc1. The summed E-state index contributed by atoms with van der Waals surface area (Å²) in [5.41, 5.74) is 3.37. The Balaban J connectivity index is 1.78. The molecule has 0 aliphatic rings. The molecule has 8 nitrogen and oxygen atoms in total. The van der Waals surface area contributed by atoms with E-state index in [2.05, 4.69) is 15.1 Å². The fourth-order valence-corrected chi connectivity index (χ4v) is 4.42. The number of halogens is 3. The number of aromatic nitrogens is 6. The Labute approximate surface area is 222 Å². The van der Waals surface area contributed by atoms with Crippen LogP contribution in [0.3, 0.4) is 0 Å². The van der Waals surface area contributed by atoms with Gasteiger partial charge in [0.2, 0.25) is 0 Å². The molecule has 11 heteroatoms. The molecule has 0 N–H and O–H groups in total. The smallest absolute Gasteiger partial charge is 0.433 e. The number of hydrogen-bond donors (Lipinski definition) is 0. The molecular formula is C28H25F3N6O2. The van der Waals surface area contributed by atoms with Gasteiger partial charge in [-0.25, -0.2) is 9.97 Å². The number of benzene rings is 2. The standard InChI is InChI=1S/C28H25F3N6O2/c1-16-25(18-6-10-20(38-4)11-7-18)35-37(26(16)19-8-12-21(39-5)13-9-19)27-32-23(14-24(33-27)28(29,30)31)22-15-36(3)34-17(22)2/h6-15H,1-5H3. The molecule has 5 aromatic rings. The van der Waals surface area contributed by atoms with Crippen LogP contribution in [0, 0.1) is 13.8 Å². The van der Waals surface area contributed by atoms with Crippen molar-refractivity contribution in [1.82, 2.24) is 29.5 Å². The molecule has 0 radical (unpaired) electrons. The quantitative estimate of drug-likeness (QED) is 0.264. The molecule has 0 aliphatic heterocycles. The summed E-state index contributed by atoms with van der Waals surface area (Å²) in [5, 5.41) is 9.01. The van der Waals surface area contributed by atoms with E-state index in [1.807, 2.05) is 31.2 Å². The molecule has 0 bridgehead atoms. The highest BCUT2D eigenvalue weighted by atomic mass is 19.4. The van der Waals surface area contributed by atoms with Gasteiger partial charge >= 0.3 is 6.18 Å². The largest absolute Gasteiger partial charge is 0.497 e. The average Bonchev–Trinajstić information content (AvgIpc) is 3.46. The molecule has 0 unspecified atom stereocenters. The molecule has 39 heavy (non-hydrogen) atoms. The number of rotatable bonds is 6. The Bertz CT molecular complexity index is 1640. The van der Waals surface area contributed by atoms with E-state index in [0.29, 0.717) is 39.7 Å². The summed E-state index contributed by atoms with van der Waals surface area (Å²) in [4.78, 5) is 8.47. The lowest BCUT2D eigenvalue weighted by Gasteiger charge is -2.12. The molecule has 0 atom stereocenters. The fraction of sp³-hybridized carbons (Fsp3) is 0.214. The molecule has 0 amide bonds. The van der Waals surface area contributed by atoms with Gasteiger partial charge in [-0.05, 0) is 68.4 Å². The third kappa shape index (κ3) is 4.95. The highest BCUT2D eigenvalue weighted by molar-refractivity contribution is 5.76. The number of methoxy groups -OCH3 is 2. The number of alkyl halides is 3. The minimum absolute atomic E-state index is 0.0951. The zero-order valence-electron chi connectivity index (χ0n) is 21.9. The Hall–Kier alpha value is -4.67. The van der Waals surface area contributed by atoms with Crippen LogP contribution < -0.4 is 9.47 Å². The van der Waals surface area contributed by atoms with Gasteiger partial charge in [0.05, 0.1) is 37.0 Å². The van der Waals surface area contributed by atoms with Crippen molar-refractivity contribution in [2.24, 2.45) is 7.05 Å². The second-order valence-corrected chi connectivity index (χ2v) is 8.93. The van der Waals surface area contributed by atoms with E-state index in [1.165, 1.54) is 9.36 Å². The monoisotopic (exact) mass is 534 g/mol. The molecule has 0 spiro atoms. The maximum atomic E-state index is 14.0. The first-order valence-electron chi connectivity index (χ1n) is 11.9. The number of aryl methyl sites for hydroxylation is 2. The van der Waals surface area contributed by atoms with Crippen LogP contribution in [-0.2, 0) is 13.2 Å². The van der Waals surface area contributed by atoms with Crippen LogP contribution in [0.5, 0.6) is 11.5 Å². The van der Waals surface area contributed by atoms with Gasteiger partial charge in [0.15, 0.2) is 5.69 Å². The molecule has 3 heterocycles. The minimum Gasteiger partial charge on any atom is -0.497 e. The van der Waals surface area contributed by atoms with Crippen LogP contribution in [-0.4, -0.2) is 43.7 Å². The summed E-state index contributed by atoms with van der Waals surface area (Å²) in [5.74, 6) is 1.10. The van der Waals surface area contributed by atoms with Gasteiger partial charge in [-0.2, -0.15) is 28.1 Å². The van der Waals surface area contributed by atoms with E-state index in [0.717, 1.165) is 17.2 Å². The van der Waals surface area contributed by atoms with Crippen molar-refractivity contribution >= 4 is 0 Å². The fourth-order valence-electron chi connectivity index (χ4n) is 4.42. The summed E-state index contributed by atoms with van der Waals surface area (Å²) >= 11 is 0. The molecule has 5 rings (SSSR count). The summed E-state index contributed by atoms with van der Waals surface area (Å²) in [6, 6.07) is 15.4. The first kappa shape index (κ1) is 26.0. The van der Waals surface area contributed by atoms with Crippen molar-refractivity contribution in [1.29, 1.82) is 0 Å². The van der Waals surface area contributed by atoms with Crippen molar-refractivity contribution in [2.75, 3.05) is 14.2 Å². The molecule has 0 fully saturated rings. The molecule has 0 saturated heterocycles. The van der Waals surface area contributed by atoms with Crippen LogP contribution >= 0.6 is 0 Å². The second kappa shape index (κ2) is 9.90. The summed E-state index contributed by atoms with van der Waals surface area (Å²) in [6.07, 6.45) is -3.08. The van der Waals surface area contributed by atoms with Gasteiger partial charge in [-0.3, -0.25) is 4.68 Å². The molecule has 2 aromatic carbocycles. The molecule has 0 saturated carbocycles. The van der Waals surface area contributed by atoms with Crippen LogP contribution in [0.2, 0.25) is 0 Å². The second-order valence-electron chi connectivity index (χ2n) is 8.93. The van der Waals surface area contributed by atoms with Crippen LogP contribution in [0.15, 0.2) is 60.8 Å². The van der Waals surface area contributed by atoms with Crippen molar-refractivity contribution in [3.63, 3.8) is 0 Å². The average molecular weight is 535 g/mol. The van der Waals surface area contributed by atoms with E-state index in [-0.39, 0.29) is 11.6 Å². The summed E-state index contributed by atoms with van der Waals surface area (Å²) in [7, 11) is 4.83. The first-order chi connectivity index (χ1) is 18.6. The zero-order chi connectivity index (χ0) is 27.9. The zero-order valence-corrected chi connectivity index (χ0v) is 21.9. The predicted molar refractivity (Wildman–Crippen MR) is 140 cm³/mol. The third-order valence-corrected chi connectivity index (χ3v) is 6.33. The number of hydrogen-bond acceptors (Lipinski definition) is 6. The summed E-state index contributed by atoms with van der Waals surface area (Å²) in [6.45, 7) is 3.58. The van der Waals surface area contributed by atoms with Crippen molar-refractivity contribution in [2.45, 2.75) is 20.0 Å². The minimum atomic E-state index is -4.70. The number of nitrogens with zero attached hydrogens (tertiary/aromatic N) is 6. The third-order valence-electron chi connectivity index (χ3n) is 6.33. The topological polar surface area (TPSA) is 79.9 Å². The highest BCUT2D eigenvalue weighted by Crippen LogP contribution is 2.36. The Morgan fingerprint density at radius 1 is 0.795 bits per heavy atom. The molecule has 200 valence electrons. The van der Waals surface area contributed by atoms with Gasteiger partial charge in [0.25, 0.3) is 5.95 Å². The lowest BCUT2D eigenvalue weighted by molar-refractivity contribution is -0.141. The van der Waals surface area contributed by atoms with Gasteiger partial charge in [0.1, 0.15) is 11.5 Å². The lowest BCUT2D eigenvalue weighted by atomic mass is 10.0.